The van der Waals surface area contributed by atoms with Crippen LogP contribution >= 0.6 is 0 Å². The number of hydrogen-bond acceptors (Lipinski definition) is 3. The van der Waals surface area contributed by atoms with Crippen LogP contribution in [0.15, 0.2) is 30.3 Å². The number of carbonyl (C=O) groups is 1. The first-order valence-electron chi connectivity index (χ1n) is 9.04. The molecule has 3 rings (SSSR count). The molecule has 2 aromatic heterocycles. The summed E-state index contributed by atoms with van der Waals surface area (Å²) in [6.07, 6.45) is 0.809. The normalized spacial score (nSPS) is 11.3. The second-order valence-corrected chi connectivity index (χ2v) is 7.12. The highest BCUT2D eigenvalue weighted by Gasteiger charge is 2.17. The van der Waals surface area contributed by atoms with E-state index in [1.54, 1.807) is 4.68 Å². The summed E-state index contributed by atoms with van der Waals surface area (Å²) in [6.45, 7) is 8.78. The topological polar surface area (TPSA) is 59.8 Å². The van der Waals surface area contributed by atoms with Crippen molar-refractivity contribution in [1.29, 1.82) is 0 Å². The highest BCUT2D eigenvalue weighted by molar-refractivity contribution is 6.06. The summed E-state index contributed by atoms with van der Waals surface area (Å²) >= 11 is 0. The molecule has 0 saturated carbocycles. The molecule has 0 aliphatic carbocycles. The fraction of sp³-hybridized carbons (Fsp3) is 0.381. The first kappa shape index (κ1) is 18.1. The first-order valence-corrected chi connectivity index (χ1v) is 9.04. The molecule has 136 valence electrons. The molecule has 3 aromatic rings. The Morgan fingerprint density at radius 2 is 1.88 bits per heavy atom. The van der Waals surface area contributed by atoms with Gasteiger partial charge in [-0.25, -0.2) is 4.98 Å². The van der Waals surface area contributed by atoms with Crippen LogP contribution in [0.3, 0.4) is 0 Å². The Kier molecular flexibility index (Phi) is 5.07. The van der Waals surface area contributed by atoms with E-state index >= 15 is 0 Å². The Labute approximate surface area is 154 Å². The quantitative estimate of drug-likeness (QED) is 0.763. The van der Waals surface area contributed by atoms with Crippen LogP contribution in [0.5, 0.6) is 0 Å². The van der Waals surface area contributed by atoms with Gasteiger partial charge in [0.2, 0.25) is 0 Å². The molecule has 1 aromatic carbocycles. The van der Waals surface area contributed by atoms with Crippen molar-refractivity contribution < 1.29 is 4.79 Å². The molecule has 26 heavy (non-hydrogen) atoms. The van der Waals surface area contributed by atoms with Crippen LogP contribution in [0.2, 0.25) is 0 Å². The number of aromatic nitrogens is 3. The Morgan fingerprint density at radius 1 is 1.19 bits per heavy atom. The van der Waals surface area contributed by atoms with Crippen LogP contribution in [0, 0.1) is 13.8 Å². The fourth-order valence-electron chi connectivity index (χ4n) is 3.23. The maximum Gasteiger partial charge on any atom is 0.252 e. The number of nitrogens with one attached hydrogen (secondary N) is 1. The molecule has 0 unspecified atom stereocenters. The van der Waals surface area contributed by atoms with Crippen LogP contribution in [0.25, 0.3) is 11.0 Å². The SMILES string of the molecule is Cc1cc(C(=O)NCCc2ccc(C(C)C)cc2)c2c(C)nn(C)c2n1. The standard InChI is InChI=1S/C21H26N4O/c1-13(2)17-8-6-16(7-9-17)10-11-22-21(26)18-12-14(3)23-20-19(18)15(4)24-25(20)5/h6-9,12-13H,10-11H2,1-5H3,(H,22,26). The van der Waals surface area contributed by atoms with Crippen molar-refractivity contribution in [2.24, 2.45) is 7.05 Å². The summed E-state index contributed by atoms with van der Waals surface area (Å²) in [7, 11) is 1.85. The molecule has 1 N–H and O–H groups in total. The lowest BCUT2D eigenvalue weighted by atomic mass is 10.0. The average Bonchev–Trinajstić information content (AvgIpc) is 2.88. The van der Waals surface area contributed by atoms with Gasteiger partial charge in [0.25, 0.3) is 5.91 Å². The zero-order valence-electron chi connectivity index (χ0n) is 16.1. The molecular weight excluding hydrogens is 324 g/mol. The smallest absolute Gasteiger partial charge is 0.252 e. The third-order valence-corrected chi connectivity index (χ3v) is 4.69. The average molecular weight is 350 g/mol. The molecule has 1 amide bonds. The van der Waals surface area contributed by atoms with Crippen LogP contribution in [0.1, 0.15) is 52.6 Å². The summed E-state index contributed by atoms with van der Waals surface area (Å²) < 4.78 is 1.73. The Bertz CT molecular complexity index is 939. The van der Waals surface area contributed by atoms with Gasteiger partial charge in [0, 0.05) is 19.3 Å². The number of benzene rings is 1. The summed E-state index contributed by atoms with van der Waals surface area (Å²) in [5, 5.41) is 8.27. The van der Waals surface area contributed by atoms with Gasteiger partial charge in [-0.05, 0) is 43.4 Å². The molecule has 0 radical (unpaired) electrons. The van der Waals surface area contributed by atoms with Crippen LogP contribution in [0.4, 0.5) is 0 Å². The number of pyridine rings is 1. The van der Waals surface area contributed by atoms with E-state index in [0.717, 1.165) is 28.8 Å². The third-order valence-electron chi connectivity index (χ3n) is 4.69. The molecule has 0 aliphatic rings. The number of fused-ring (bicyclic) bond motifs is 1. The Morgan fingerprint density at radius 3 is 2.54 bits per heavy atom. The van der Waals surface area contributed by atoms with Gasteiger partial charge < -0.3 is 5.32 Å². The zero-order valence-corrected chi connectivity index (χ0v) is 16.1. The summed E-state index contributed by atoms with van der Waals surface area (Å²) in [5.41, 5.74) is 5.59. The lowest BCUT2D eigenvalue weighted by Crippen LogP contribution is -2.26. The van der Waals surface area contributed by atoms with Gasteiger partial charge in [-0.15, -0.1) is 0 Å². The molecule has 5 nitrogen and oxygen atoms in total. The summed E-state index contributed by atoms with van der Waals surface area (Å²) in [4.78, 5) is 17.2. The van der Waals surface area contributed by atoms with Crippen molar-refractivity contribution in [1.82, 2.24) is 20.1 Å². The largest absolute Gasteiger partial charge is 0.352 e. The van der Waals surface area contributed by atoms with Gasteiger partial charge in [-0.2, -0.15) is 5.10 Å². The Balaban J connectivity index is 1.72. The van der Waals surface area contributed by atoms with Crippen LogP contribution in [-0.4, -0.2) is 27.2 Å². The molecule has 2 heterocycles. The second-order valence-electron chi connectivity index (χ2n) is 7.12. The van der Waals surface area contributed by atoms with E-state index in [-0.39, 0.29) is 5.91 Å². The van der Waals surface area contributed by atoms with Gasteiger partial charge in [-0.1, -0.05) is 38.1 Å². The number of nitrogens with zero attached hydrogens (tertiary/aromatic N) is 3. The van der Waals surface area contributed by atoms with E-state index in [1.807, 2.05) is 27.0 Å². The predicted octanol–water partition coefficient (Wildman–Crippen LogP) is 3.68. The highest BCUT2D eigenvalue weighted by Crippen LogP contribution is 2.21. The number of hydrogen-bond donors (Lipinski definition) is 1. The number of aryl methyl sites for hydroxylation is 3. The minimum absolute atomic E-state index is 0.0737. The molecule has 0 spiro atoms. The molecule has 0 fully saturated rings. The van der Waals surface area contributed by atoms with E-state index in [4.69, 9.17) is 0 Å². The molecule has 0 saturated heterocycles. The van der Waals surface area contributed by atoms with Crippen molar-refractivity contribution in [3.05, 3.63) is 58.4 Å². The summed E-state index contributed by atoms with van der Waals surface area (Å²) in [5.74, 6) is 0.458. The van der Waals surface area contributed by atoms with Crippen molar-refractivity contribution in [3.8, 4) is 0 Å². The fourth-order valence-corrected chi connectivity index (χ4v) is 3.23. The van der Waals surface area contributed by atoms with Gasteiger partial charge in [0.15, 0.2) is 5.65 Å². The monoisotopic (exact) mass is 350 g/mol. The van der Waals surface area contributed by atoms with Crippen LogP contribution in [-0.2, 0) is 13.5 Å². The van der Waals surface area contributed by atoms with Crippen molar-refractivity contribution in [3.63, 3.8) is 0 Å². The lowest BCUT2D eigenvalue weighted by molar-refractivity contribution is 0.0955. The Hall–Kier alpha value is -2.69. The van der Waals surface area contributed by atoms with Gasteiger partial charge >= 0.3 is 0 Å². The van der Waals surface area contributed by atoms with E-state index in [2.05, 4.69) is 53.5 Å². The maximum atomic E-state index is 12.7. The molecule has 0 bridgehead atoms. The minimum Gasteiger partial charge on any atom is -0.352 e. The van der Waals surface area contributed by atoms with E-state index in [1.165, 1.54) is 11.1 Å². The van der Waals surface area contributed by atoms with Gasteiger partial charge in [-0.3, -0.25) is 9.48 Å². The molecule has 0 atom stereocenters. The van der Waals surface area contributed by atoms with E-state index in [0.29, 0.717) is 18.0 Å². The number of rotatable bonds is 5. The second kappa shape index (κ2) is 7.28. The minimum atomic E-state index is -0.0737. The molecular formula is C21H26N4O. The van der Waals surface area contributed by atoms with E-state index < -0.39 is 0 Å². The van der Waals surface area contributed by atoms with Crippen molar-refractivity contribution >= 4 is 16.9 Å². The molecule has 0 aliphatic heterocycles. The molecule has 5 heteroatoms. The zero-order chi connectivity index (χ0) is 18.8. The third kappa shape index (κ3) is 3.62. The van der Waals surface area contributed by atoms with Gasteiger partial charge in [0.1, 0.15) is 0 Å². The van der Waals surface area contributed by atoms with E-state index in [9.17, 15) is 4.79 Å². The predicted molar refractivity (Wildman–Crippen MR) is 105 cm³/mol. The summed E-state index contributed by atoms with van der Waals surface area (Å²) in [6, 6.07) is 10.4. The lowest BCUT2D eigenvalue weighted by Gasteiger charge is -2.09. The number of carbonyl (C=O) groups excluding carboxylic acids is 1. The number of amides is 1. The maximum absolute atomic E-state index is 12.7. The first-order chi connectivity index (χ1) is 12.4. The van der Waals surface area contributed by atoms with Crippen molar-refractivity contribution in [2.45, 2.75) is 40.0 Å². The van der Waals surface area contributed by atoms with Crippen molar-refractivity contribution in [2.75, 3.05) is 6.54 Å². The van der Waals surface area contributed by atoms with Gasteiger partial charge in [0.05, 0.1) is 16.6 Å². The van der Waals surface area contributed by atoms with Crippen LogP contribution < -0.4 is 5.32 Å². The highest BCUT2D eigenvalue weighted by atomic mass is 16.1.